The summed E-state index contributed by atoms with van der Waals surface area (Å²) in [6.45, 7) is 12.3. The van der Waals surface area contributed by atoms with E-state index in [4.69, 9.17) is 9.47 Å². The number of ether oxygens (including phenoxy) is 2. The summed E-state index contributed by atoms with van der Waals surface area (Å²) in [4.78, 5) is 13.9. The Morgan fingerprint density at radius 3 is 2.65 bits per heavy atom. The van der Waals surface area contributed by atoms with E-state index in [9.17, 15) is 4.79 Å². The van der Waals surface area contributed by atoms with Gasteiger partial charge in [-0.15, -0.1) is 0 Å². The molecule has 0 spiro atoms. The minimum Gasteiger partial charge on any atom is -0.460 e. The highest BCUT2D eigenvalue weighted by atomic mass is 16.6. The second-order valence-electron chi connectivity index (χ2n) is 5.82. The van der Waals surface area contributed by atoms with Crippen molar-refractivity contribution < 1.29 is 14.3 Å². The molecule has 1 rings (SSSR count). The van der Waals surface area contributed by atoms with Crippen LogP contribution in [-0.2, 0) is 14.3 Å². The van der Waals surface area contributed by atoms with Gasteiger partial charge in [0.25, 0.3) is 0 Å². The smallest absolute Gasteiger partial charge is 0.307 e. The number of esters is 1. The number of hydrogen-bond donors (Lipinski definition) is 0. The Bertz CT molecular complexity index is 260. The van der Waals surface area contributed by atoms with Gasteiger partial charge in [-0.2, -0.15) is 0 Å². The van der Waals surface area contributed by atoms with Gasteiger partial charge < -0.3 is 9.47 Å². The van der Waals surface area contributed by atoms with Gasteiger partial charge in [-0.05, 0) is 34.6 Å². The van der Waals surface area contributed by atoms with Gasteiger partial charge in [0.15, 0.2) is 0 Å². The maximum atomic E-state index is 11.6. The Kier molecular flexibility index (Phi) is 4.95. The van der Waals surface area contributed by atoms with Crippen LogP contribution in [0, 0.1) is 0 Å². The van der Waals surface area contributed by atoms with Crippen LogP contribution >= 0.6 is 0 Å². The van der Waals surface area contributed by atoms with Crippen LogP contribution in [0.5, 0.6) is 0 Å². The van der Waals surface area contributed by atoms with Gasteiger partial charge in [0.1, 0.15) is 5.60 Å². The van der Waals surface area contributed by atoms with E-state index >= 15 is 0 Å². The molecule has 2 atom stereocenters. The van der Waals surface area contributed by atoms with Crippen LogP contribution in [-0.4, -0.2) is 48.3 Å². The molecular weight excluding hydrogens is 218 g/mol. The molecule has 0 aromatic rings. The Balaban J connectivity index is 2.32. The van der Waals surface area contributed by atoms with Gasteiger partial charge in [-0.1, -0.05) is 0 Å². The maximum Gasteiger partial charge on any atom is 0.307 e. The highest BCUT2D eigenvalue weighted by molar-refractivity contribution is 5.70. The van der Waals surface area contributed by atoms with Gasteiger partial charge in [-0.25, -0.2) is 0 Å². The lowest BCUT2D eigenvalue weighted by molar-refractivity contribution is -0.155. The lowest BCUT2D eigenvalue weighted by Crippen LogP contribution is -2.48. The van der Waals surface area contributed by atoms with E-state index in [1.54, 1.807) is 0 Å². The molecule has 0 radical (unpaired) electrons. The van der Waals surface area contributed by atoms with Gasteiger partial charge in [0.2, 0.25) is 0 Å². The Morgan fingerprint density at radius 1 is 1.41 bits per heavy atom. The molecule has 0 amide bonds. The average molecular weight is 243 g/mol. The van der Waals surface area contributed by atoms with Crippen LogP contribution in [0.2, 0.25) is 0 Å². The standard InChI is InChI=1S/C13H25NO3/c1-10-9-16-11(2)8-14(10)7-6-12(15)17-13(3,4)5/h10-11H,6-9H2,1-5H3. The molecule has 1 saturated heterocycles. The van der Waals surface area contributed by atoms with E-state index in [2.05, 4.69) is 18.7 Å². The number of nitrogens with zero attached hydrogens (tertiary/aromatic N) is 1. The van der Waals surface area contributed by atoms with Crippen molar-refractivity contribution in [3.8, 4) is 0 Å². The Morgan fingerprint density at radius 2 is 2.06 bits per heavy atom. The van der Waals surface area contributed by atoms with Crippen molar-refractivity contribution in [3.63, 3.8) is 0 Å². The van der Waals surface area contributed by atoms with Crippen LogP contribution < -0.4 is 0 Å². The fourth-order valence-electron chi connectivity index (χ4n) is 1.91. The lowest BCUT2D eigenvalue weighted by atomic mass is 10.2. The summed E-state index contributed by atoms with van der Waals surface area (Å²) in [6, 6.07) is 0.383. The molecule has 0 aliphatic carbocycles. The van der Waals surface area contributed by atoms with Crippen molar-refractivity contribution in [1.82, 2.24) is 4.90 Å². The van der Waals surface area contributed by atoms with Gasteiger partial charge in [0, 0.05) is 19.1 Å². The second kappa shape index (κ2) is 5.83. The van der Waals surface area contributed by atoms with E-state index in [0.717, 1.165) is 19.7 Å². The first-order valence-corrected chi connectivity index (χ1v) is 6.35. The molecule has 1 heterocycles. The fraction of sp³-hybridized carbons (Fsp3) is 0.923. The summed E-state index contributed by atoms with van der Waals surface area (Å²) in [5.74, 6) is -0.121. The third-order valence-electron chi connectivity index (χ3n) is 2.76. The molecule has 100 valence electrons. The molecule has 0 bridgehead atoms. The predicted octanol–water partition coefficient (Wildman–Crippen LogP) is 1.83. The number of rotatable bonds is 3. The summed E-state index contributed by atoms with van der Waals surface area (Å²) < 4.78 is 10.8. The molecular formula is C13H25NO3. The van der Waals surface area contributed by atoms with Gasteiger partial charge in [0.05, 0.1) is 19.1 Å². The zero-order chi connectivity index (χ0) is 13.1. The highest BCUT2D eigenvalue weighted by Crippen LogP contribution is 2.13. The molecule has 4 heteroatoms. The van der Waals surface area contributed by atoms with Crippen LogP contribution in [0.4, 0.5) is 0 Å². The average Bonchev–Trinajstić information content (AvgIpc) is 2.17. The van der Waals surface area contributed by atoms with E-state index in [1.807, 2.05) is 20.8 Å². The first-order chi connectivity index (χ1) is 7.78. The molecule has 1 aliphatic rings. The molecule has 17 heavy (non-hydrogen) atoms. The van der Waals surface area contributed by atoms with E-state index in [-0.39, 0.29) is 17.7 Å². The zero-order valence-electron chi connectivity index (χ0n) is 11.7. The van der Waals surface area contributed by atoms with Gasteiger partial charge in [-0.3, -0.25) is 9.69 Å². The molecule has 0 aromatic heterocycles. The number of carbonyl (C=O) groups is 1. The Hall–Kier alpha value is -0.610. The Labute approximate surface area is 104 Å². The second-order valence-corrected chi connectivity index (χ2v) is 5.82. The van der Waals surface area contributed by atoms with Crippen molar-refractivity contribution in [2.24, 2.45) is 0 Å². The summed E-state index contributed by atoms with van der Waals surface area (Å²) in [6.07, 6.45) is 0.707. The number of carbonyl (C=O) groups excluding carboxylic acids is 1. The third kappa shape index (κ3) is 5.50. The minimum absolute atomic E-state index is 0.121. The van der Waals surface area contributed by atoms with E-state index in [0.29, 0.717) is 12.5 Å². The third-order valence-corrected chi connectivity index (χ3v) is 2.76. The molecule has 1 aliphatic heterocycles. The van der Waals surface area contributed by atoms with Gasteiger partial charge >= 0.3 is 5.97 Å². The van der Waals surface area contributed by atoms with Crippen molar-refractivity contribution in [2.45, 2.75) is 58.8 Å². The lowest BCUT2D eigenvalue weighted by Gasteiger charge is -2.36. The first-order valence-electron chi connectivity index (χ1n) is 6.35. The first kappa shape index (κ1) is 14.5. The number of hydrogen-bond acceptors (Lipinski definition) is 4. The molecule has 1 fully saturated rings. The van der Waals surface area contributed by atoms with Crippen molar-refractivity contribution in [3.05, 3.63) is 0 Å². The summed E-state index contributed by atoms with van der Waals surface area (Å²) in [7, 11) is 0. The topological polar surface area (TPSA) is 38.8 Å². The van der Waals surface area contributed by atoms with Crippen LogP contribution in [0.15, 0.2) is 0 Å². The van der Waals surface area contributed by atoms with Crippen LogP contribution in [0.25, 0.3) is 0 Å². The monoisotopic (exact) mass is 243 g/mol. The van der Waals surface area contributed by atoms with E-state index in [1.165, 1.54) is 0 Å². The maximum absolute atomic E-state index is 11.6. The molecule has 0 N–H and O–H groups in total. The summed E-state index contributed by atoms with van der Waals surface area (Å²) >= 11 is 0. The molecule has 4 nitrogen and oxygen atoms in total. The molecule has 0 aromatic carbocycles. The SMILES string of the molecule is CC1CN(CCC(=O)OC(C)(C)C)C(C)CO1. The van der Waals surface area contributed by atoms with E-state index < -0.39 is 0 Å². The largest absolute Gasteiger partial charge is 0.460 e. The number of morpholine rings is 1. The summed E-state index contributed by atoms with van der Waals surface area (Å²) in [5.41, 5.74) is -0.388. The normalized spacial score (nSPS) is 26.9. The van der Waals surface area contributed by atoms with Crippen molar-refractivity contribution >= 4 is 5.97 Å². The molecule has 2 unspecified atom stereocenters. The fourth-order valence-corrected chi connectivity index (χ4v) is 1.91. The minimum atomic E-state index is -0.388. The zero-order valence-corrected chi connectivity index (χ0v) is 11.7. The predicted molar refractivity (Wildman–Crippen MR) is 66.9 cm³/mol. The molecule has 0 saturated carbocycles. The van der Waals surface area contributed by atoms with Crippen LogP contribution in [0.3, 0.4) is 0 Å². The highest BCUT2D eigenvalue weighted by Gasteiger charge is 2.24. The summed E-state index contributed by atoms with van der Waals surface area (Å²) in [5, 5.41) is 0. The quantitative estimate of drug-likeness (QED) is 0.709. The van der Waals surface area contributed by atoms with Crippen molar-refractivity contribution in [1.29, 1.82) is 0 Å². The van der Waals surface area contributed by atoms with Crippen molar-refractivity contribution in [2.75, 3.05) is 19.7 Å². The van der Waals surface area contributed by atoms with Crippen LogP contribution in [0.1, 0.15) is 41.0 Å².